The highest BCUT2D eigenvalue weighted by Crippen LogP contribution is 2.41. The van der Waals surface area contributed by atoms with E-state index in [0.717, 1.165) is 32.5 Å². The van der Waals surface area contributed by atoms with Crippen molar-refractivity contribution in [1.29, 1.82) is 0 Å². The predicted octanol–water partition coefficient (Wildman–Crippen LogP) is 4.28. The molecule has 0 bridgehead atoms. The molecule has 1 heterocycles. The molecule has 2 nitrogen and oxygen atoms in total. The molecule has 0 spiro atoms. The molecule has 1 aromatic rings. The van der Waals surface area contributed by atoms with Crippen LogP contribution in [0, 0.1) is 0 Å². The summed E-state index contributed by atoms with van der Waals surface area (Å²) in [6.45, 7) is 5.96. The summed E-state index contributed by atoms with van der Waals surface area (Å²) in [6.07, 6.45) is -2.16. The van der Waals surface area contributed by atoms with Crippen LogP contribution in [0.4, 0.5) is 18.9 Å². The van der Waals surface area contributed by atoms with Crippen LogP contribution in [0.1, 0.15) is 25.3 Å². The topological polar surface area (TPSA) is 6.48 Å². The van der Waals surface area contributed by atoms with Gasteiger partial charge in [0.15, 0.2) is 0 Å². The predicted molar refractivity (Wildman–Crippen MR) is 80.0 cm³/mol. The molecule has 0 aromatic heterocycles. The molecule has 21 heavy (non-hydrogen) atoms. The van der Waals surface area contributed by atoms with Crippen LogP contribution in [0.25, 0.3) is 0 Å². The number of hydrogen-bond donors (Lipinski definition) is 0. The average Bonchev–Trinajstić information content (AvgIpc) is 2.44. The fourth-order valence-corrected chi connectivity index (χ4v) is 2.93. The van der Waals surface area contributed by atoms with E-state index in [1.165, 1.54) is 12.1 Å². The number of hydrogen-bond acceptors (Lipinski definition) is 2. The zero-order valence-electron chi connectivity index (χ0n) is 12.1. The first-order valence-corrected chi connectivity index (χ1v) is 7.64. The van der Waals surface area contributed by atoms with Crippen molar-refractivity contribution in [2.24, 2.45) is 0 Å². The van der Waals surface area contributed by atoms with E-state index in [4.69, 9.17) is 11.6 Å². The summed E-state index contributed by atoms with van der Waals surface area (Å²) >= 11 is 5.77. The lowest BCUT2D eigenvalue weighted by molar-refractivity contribution is -0.137. The fraction of sp³-hybridized carbons (Fsp3) is 0.600. The van der Waals surface area contributed by atoms with Gasteiger partial charge in [0.2, 0.25) is 0 Å². The van der Waals surface area contributed by atoms with E-state index in [9.17, 15) is 13.2 Å². The third kappa shape index (κ3) is 4.04. The molecule has 0 radical (unpaired) electrons. The van der Waals surface area contributed by atoms with E-state index in [1.807, 2.05) is 0 Å². The average molecular weight is 321 g/mol. The first-order valence-electron chi connectivity index (χ1n) is 7.26. The number of benzene rings is 1. The first-order chi connectivity index (χ1) is 9.93. The first kappa shape index (κ1) is 16.4. The van der Waals surface area contributed by atoms with E-state index in [0.29, 0.717) is 13.1 Å². The van der Waals surface area contributed by atoms with Crippen LogP contribution in [0.5, 0.6) is 0 Å². The van der Waals surface area contributed by atoms with Gasteiger partial charge in [-0.1, -0.05) is 31.0 Å². The maximum Gasteiger partial charge on any atom is 0.419 e. The van der Waals surface area contributed by atoms with Gasteiger partial charge >= 0.3 is 6.18 Å². The third-order valence-corrected chi connectivity index (χ3v) is 4.13. The molecule has 6 heteroatoms. The summed E-state index contributed by atoms with van der Waals surface area (Å²) in [5.74, 6) is 0. The molecule has 0 amide bonds. The molecule has 0 aliphatic carbocycles. The second kappa shape index (κ2) is 6.88. The Morgan fingerprint density at radius 2 is 1.81 bits per heavy atom. The Hall–Kier alpha value is -0.940. The maximum atomic E-state index is 13.2. The smallest absolute Gasteiger partial charge is 0.368 e. The Kier molecular flexibility index (Phi) is 5.38. The van der Waals surface area contributed by atoms with Gasteiger partial charge in [0.25, 0.3) is 0 Å². The second-order valence-electron chi connectivity index (χ2n) is 5.31. The van der Waals surface area contributed by atoms with Crippen molar-refractivity contribution in [3.8, 4) is 0 Å². The molecule has 118 valence electrons. The van der Waals surface area contributed by atoms with Crippen molar-refractivity contribution in [2.75, 3.05) is 37.6 Å². The molecule has 1 aliphatic heterocycles. The van der Waals surface area contributed by atoms with Crippen LogP contribution in [0.2, 0.25) is 5.02 Å². The van der Waals surface area contributed by atoms with Gasteiger partial charge in [-0.2, -0.15) is 13.2 Å². The minimum absolute atomic E-state index is 0.199. The molecular formula is C15H20ClF3N2. The number of nitrogens with zero attached hydrogens (tertiary/aromatic N) is 2. The number of rotatable bonds is 4. The van der Waals surface area contributed by atoms with E-state index in [2.05, 4.69) is 11.8 Å². The highest BCUT2D eigenvalue weighted by atomic mass is 35.5. The van der Waals surface area contributed by atoms with Crippen LogP contribution in [-0.2, 0) is 6.18 Å². The van der Waals surface area contributed by atoms with Gasteiger partial charge in [0.05, 0.1) is 16.3 Å². The van der Waals surface area contributed by atoms with Gasteiger partial charge in [-0.15, -0.1) is 0 Å². The summed E-state index contributed by atoms with van der Waals surface area (Å²) in [6, 6.07) is 4.39. The molecule has 0 unspecified atom stereocenters. The summed E-state index contributed by atoms with van der Waals surface area (Å²) in [4.78, 5) is 4.09. The van der Waals surface area contributed by atoms with Gasteiger partial charge in [0, 0.05) is 26.2 Å². The Bertz CT molecular complexity index is 468. The minimum Gasteiger partial charge on any atom is -0.368 e. The molecule has 0 N–H and O–H groups in total. The fourth-order valence-electron chi connectivity index (χ4n) is 2.65. The Balaban J connectivity index is 2.12. The lowest BCUT2D eigenvalue weighted by Gasteiger charge is -2.37. The molecule has 1 aromatic carbocycles. The normalized spacial score (nSPS) is 17.3. The van der Waals surface area contributed by atoms with Gasteiger partial charge < -0.3 is 4.90 Å². The zero-order chi connectivity index (χ0) is 15.5. The summed E-state index contributed by atoms with van der Waals surface area (Å²) in [5, 5.41) is -0.228. The largest absolute Gasteiger partial charge is 0.419 e. The molecule has 0 saturated carbocycles. The van der Waals surface area contributed by atoms with Gasteiger partial charge in [-0.25, -0.2) is 0 Å². The number of anilines is 1. The van der Waals surface area contributed by atoms with Crippen LogP contribution in [-0.4, -0.2) is 37.6 Å². The lowest BCUT2D eigenvalue weighted by Crippen LogP contribution is -2.47. The van der Waals surface area contributed by atoms with Crippen LogP contribution in [0.15, 0.2) is 18.2 Å². The number of halogens is 4. The Morgan fingerprint density at radius 1 is 1.14 bits per heavy atom. The van der Waals surface area contributed by atoms with Gasteiger partial charge in [-0.3, -0.25) is 4.90 Å². The zero-order valence-corrected chi connectivity index (χ0v) is 12.8. The van der Waals surface area contributed by atoms with Crippen molar-refractivity contribution in [1.82, 2.24) is 4.90 Å². The SMILES string of the molecule is CCCCN1CCN(c2cccc(Cl)c2C(F)(F)F)CC1. The van der Waals surface area contributed by atoms with Crippen molar-refractivity contribution in [3.63, 3.8) is 0 Å². The Labute approximate surface area is 128 Å². The standard InChI is InChI=1S/C15H20ClF3N2/c1-2-3-7-20-8-10-21(11-9-20)13-6-4-5-12(16)14(13)15(17,18)19/h4-6H,2-3,7-11H2,1H3. The van der Waals surface area contributed by atoms with E-state index in [1.54, 1.807) is 11.0 Å². The van der Waals surface area contributed by atoms with Crippen LogP contribution < -0.4 is 4.90 Å². The van der Waals surface area contributed by atoms with Crippen molar-refractivity contribution in [2.45, 2.75) is 25.9 Å². The Morgan fingerprint density at radius 3 is 2.38 bits per heavy atom. The van der Waals surface area contributed by atoms with Crippen molar-refractivity contribution in [3.05, 3.63) is 28.8 Å². The highest BCUT2D eigenvalue weighted by Gasteiger charge is 2.37. The highest BCUT2D eigenvalue weighted by molar-refractivity contribution is 6.31. The van der Waals surface area contributed by atoms with Crippen LogP contribution >= 0.6 is 11.6 Å². The quantitative estimate of drug-likeness (QED) is 0.817. The van der Waals surface area contributed by atoms with Gasteiger partial charge in [-0.05, 0) is 25.1 Å². The van der Waals surface area contributed by atoms with Crippen molar-refractivity contribution < 1.29 is 13.2 Å². The van der Waals surface area contributed by atoms with Gasteiger partial charge in [0.1, 0.15) is 0 Å². The molecular weight excluding hydrogens is 301 g/mol. The molecule has 1 fully saturated rings. The monoisotopic (exact) mass is 320 g/mol. The van der Waals surface area contributed by atoms with Crippen LogP contribution in [0.3, 0.4) is 0 Å². The van der Waals surface area contributed by atoms with E-state index >= 15 is 0 Å². The number of alkyl halides is 3. The van der Waals surface area contributed by atoms with Crippen molar-refractivity contribution >= 4 is 17.3 Å². The number of piperazine rings is 1. The molecule has 1 saturated heterocycles. The summed E-state index contributed by atoms with van der Waals surface area (Å²) < 4.78 is 39.6. The second-order valence-corrected chi connectivity index (χ2v) is 5.72. The number of unbranched alkanes of at least 4 members (excludes halogenated alkanes) is 1. The third-order valence-electron chi connectivity index (χ3n) is 3.82. The maximum absolute atomic E-state index is 13.2. The summed E-state index contributed by atoms with van der Waals surface area (Å²) in [5.41, 5.74) is -0.515. The van der Waals surface area contributed by atoms with E-state index < -0.39 is 11.7 Å². The van der Waals surface area contributed by atoms with E-state index in [-0.39, 0.29) is 10.7 Å². The molecule has 2 rings (SSSR count). The lowest BCUT2D eigenvalue weighted by atomic mass is 10.1. The molecule has 0 atom stereocenters. The summed E-state index contributed by atoms with van der Waals surface area (Å²) in [7, 11) is 0. The minimum atomic E-state index is -4.42. The molecule has 1 aliphatic rings.